The first kappa shape index (κ1) is 25.4. The maximum absolute atomic E-state index is 12.8. The van der Waals surface area contributed by atoms with Gasteiger partial charge in [-0.05, 0) is 47.9 Å². The molecule has 6 nitrogen and oxygen atoms in total. The first-order valence-corrected chi connectivity index (χ1v) is 13.2. The Balaban J connectivity index is 1.26. The van der Waals surface area contributed by atoms with Gasteiger partial charge in [-0.25, -0.2) is 4.98 Å². The summed E-state index contributed by atoms with van der Waals surface area (Å²) >= 11 is 14.0. The summed E-state index contributed by atoms with van der Waals surface area (Å²) in [5.74, 6) is 0.433. The molecule has 2 amide bonds. The molecule has 1 aromatic heterocycles. The van der Waals surface area contributed by atoms with Gasteiger partial charge in [0.1, 0.15) is 10.1 Å². The Bertz CT molecular complexity index is 1270. The van der Waals surface area contributed by atoms with Gasteiger partial charge in [0, 0.05) is 35.5 Å². The van der Waals surface area contributed by atoms with E-state index in [4.69, 9.17) is 28.6 Å². The van der Waals surface area contributed by atoms with Crippen molar-refractivity contribution in [3.63, 3.8) is 0 Å². The molecule has 35 heavy (non-hydrogen) atoms. The molecular formula is C25H22ClN3O3S3. The first-order valence-electron chi connectivity index (χ1n) is 10.8. The molecule has 1 N–H and O–H groups in total. The standard InChI is InChI=1S/C25H22ClN3O3S3/c1-32-19-5-2-4-17(12-19)14-21-23(31)29(25(33)35-21)11-3-6-22(30)28-24-27-15-20(34-24)13-16-7-9-18(26)10-8-16/h2,4-5,7-10,12,14-15H,3,6,11,13H2,1H3,(H,27,28,30). The van der Waals surface area contributed by atoms with Gasteiger partial charge in [-0.15, -0.1) is 11.3 Å². The Hall–Kier alpha value is -2.72. The number of thiazole rings is 1. The van der Waals surface area contributed by atoms with Crippen LogP contribution in [0.4, 0.5) is 5.13 Å². The number of anilines is 1. The van der Waals surface area contributed by atoms with Crippen LogP contribution in [0.2, 0.25) is 5.02 Å². The molecule has 2 aromatic carbocycles. The van der Waals surface area contributed by atoms with E-state index < -0.39 is 0 Å². The molecule has 180 valence electrons. The predicted octanol–water partition coefficient (Wildman–Crippen LogP) is 6.02. The molecule has 0 aliphatic carbocycles. The first-order chi connectivity index (χ1) is 16.9. The highest BCUT2D eigenvalue weighted by Gasteiger charge is 2.31. The Morgan fingerprint density at radius 1 is 1.26 bits per heavy atom. The van der Waals surface area contributed by atoms with Crippen LogP contribution in [0.5, 0.6) is 5.75 Å². The van der Waals surface area contributed by atoms with Crippen molar-refractivity contribution < 1.29 is 14.3 Å². The summed E-state index contributed by atoms with van der Waals surface area (Å²) in [6.07, 6.45) is 5.05. The summed E-state index contributed by atoms with van der Waals surface area (Å²) < 4.78 is 5.73. The zero-order chi connectivity index (χ0) is 24.8. The Labute approximate surface area is 222 Å². The summed E-state index contributed by atoms with van der Waals surface area (Å²) in [7, 11) is 1.60. The smallest absolute Gasteiger partial charge is 0.266 e. The van der Waals surface area contributed by atoms with Gasteiger partial charge in [-0.3, -0.25) is 14.5 Å². The number of benzene rings is 2. The fourth-order valence-electron chi connectivity index (χ4n) is 3.41. The molecule has 4 rings (SSSR count). The molecule has 1 saturated heterocycles. The van der Waals surface area contributed by atoms with Gasteiger partial charge in [0.15, 0.2) is 5.13 Å². The van der Waals surface area contributed by atoms with Crippen LogP contribution >= 0.6 is 46.9 Å². The van der Waals surface area contributed by atoms with E-state index in [1.165, 1.54) is 23.1 Å². The minimum absolute atomic E-state index is 0.144. The number of ether oxygens (including phenoxy) is 1. The number of methoxy groups -OCH3 is 1. The molecule has 1 aliphatic rings. The normalized spacial score (nSPS) is 14.6. The molecule has 1 aliphatic heterocycles. The second-order valence-electron chi connectivity index (χ2n) is 7.70. The second kappa shape index (κ2) is 11.8. The highest BCUT2D eigenvalue weighted by atomic mass is 35.5. The number of aromatic nitrogens is 1. The molecule has 0 unspecified atom stereocenters. The van der Waals surface area contributed by atoms with Gasteiger partial charge < -0.3 is 10.1 Å². The van der Waals surface area contributed by atoms with Crippen LogP contribution in [0.3, 0.4) is 0 Å². The zero-order valence-electron chi connectivity index (χ0n) is 18.8. The quantitative estimate of drug-likeness (QED) is 0.263. The number of hydrogen-bond donors (Lipinski definition) is 1. The van der Waals surface area contributed by atoms with Crippen molar-refractivity contribution >= 4 is 74.3 Å². The minimum atomic E-state index is -0.144. The van der Waals surface area contributed by atoms with E-state index in [1.54, 1.807) is 24.3 Å². The summed E-state index contributed by atoms with van der Waals surface area (Å²) in [6, 6.07) is 15.1. The number of halogens is 1. The number of carbonyl (C=O) groups is 2. The third-order valence-corrected chi connectivity index (χ3v) is 7.68. The lowest BCUT2D eigenvalue weighted by Gasteiger charge is -2.13. The Morgan fingerprint density at radius 2 is 2.06 bits per heavy atom. The number of carbonyl (C=O) groups excluding carboxylic acids is 2. The van der Waals surface area contributed by atoms with E-state index in [0.717, 1.165) is 28.2 Å². The monoisotopic (exact) mass is 543 g/mol. The number of rotatable bonds is 9. The van der Waals surface area contributed by atoms with Crippen molar-refractivity contribution in [3.05, 3.63) is 80.7 Å². The van der Waals surface area contributed by atoms with Crippen LogP contribution in [-0.4, -0.2) is 39.7 Å². The molecule has 3 aromatic rings. The molecule has 0 spiro atoms. The maximum Gasteiger partial charge on any atom is 0.266 e. The van der Waals surface area contributed by atoms with Crippen LogP contribution in [0.15, 0.2) is 59.6 Å². The van der Waals surface area contributed by atoms with Crippen molar-refractivity contribution in [3.8, 4) is 5.75 Å². The van der Waals surface area contributed by atoms with Crippen LogP contribution < -0.4 is 10.1 Å². The lowest BCUT2D eigenvalue weighted by molar-refractivity contribution is -0.122. The van der Waals surface area contributed by atoms with E-state index in [9.17, 15) is 9.59 Å². The highest BCUT2D eigenvalue weighted by molar-refractivity contribution is 8.26. The van der Waals surface area contributed by atoms with Gasteiger partial charge in [0.2, 0.25) is 5.91 Å². The average Bonchev–Trinajstić information content (AvgIpc) is 3.39. The molecule has 0 radical (unpaired) electrons. The molecule has 0 atom stereocenters. The van der Waals surface area contributed by atoms with Gasteiger partial charge in [-0.2, -0.15) is 0 Å². The third-order valence-electron chi connectivity index (χ3n) is 5.14. The van der Waals surface area contributed by atoms with Gasteiger partial charge in [-0.1, -0.05) is 59.8 Å². The van der Waals surface area contributed by atoms with E-state index in [2.05, 4.69) is 10.3 Å². The predicted molar refractivity (Wildman–Crippen MR) is 147 cm³/mol. The van der Waals surface area contributed by atoms with Crippen LogP contribution in [0, 0.1) is 0 Å². The lowest BCUT2D eigenvalue weighted by Crippen LogP contribution is -2.29. The van der Waals surface area contributed by atoms with Gasteiger partial charge in [0.25, 0.3) is 5.91 Å². The topological polar surface area (TPSA) is 71.5 Å². The largest absolute Gasteiger partial charge is 0.497 e. The lowest BCUT2D eigenvalue weighted by atomic mass is 10.1. The SMILES string of the molecule is COc1cccc(C=C2SC(=S)N(CCCC(=O)Nc3ncc(Cc4ccc(Cl)cc4)s3)C2=O)c1. The van der Waals surface area contributed by atoms with Crippen molar-refractivity contribution in [2.75, 3.05) is 19.0 Å². The van der Waals surface area contributed by atoms with E-state index in [0.29, 0.717) is 32.3 Å². The third kappa shape index (κ3) is 6.91. The molecule has 1 fully saturated rings. The maximum atomic E-state index is 12.8. The molecule has 0 bridgehead atoms. The van der Waals surface area contributed by atoms with E-state index >= 15 is 0 Å². The number of thioether (sulfide) groups is 1. The Kier molecular flexibility index (Phi) is 8.56. The summed E-state index contributed by atoms with van der Waals surface area (Å²) in [5, 5.41) is 4.10. The summed E-state index contributed by atoms with van der Waals surface area (Å²) in [4.78, 5) is 32.7. The van der Waals surface area contributed by atoms with Crippen molar-refractivity contribution in [1.82, 2.24) is 9.88 Å². The van der Waals surface area contributed by atoms with E-state index in [1.807, 2.05) is 48.5 Å². The molecule has 0 saturated carbocycles. The fourth-order valence-corrected chi connectivity index (χ4v) is 5.70. The summed E-state index contributed by atoms with van der Waals surface area (Å²) in [5.41, 5.74) is 1.99. The van der Waals surface area contributed by atoms with Crippen molar-refractivity contribution in [2.45, 2.75) is 19.3 Å². The van der Waals surface area contributed by atoms with Crippen LogP contribution in [0.1, 0.15) is 28.8 Å². The van der Waals surface area contributed by atoms with Crippen molar-refractivity contribution in [1.29, 1.82) is 0 Å². The zero-order valence-corrected chi connectivity index (χ0v) is 22.0. The van der Waals surface area contributed by atoms with Crippen LogP contribution in [0.25, 0.3) is 6.08 Å². The van der Waals surface area contributed by atoms with Crippen LogP contribution in [-0.2, 0) is 16.0 Å². The number of nitrogens with zero attached hydrogens (tertiary/aromatic N) is 2. The summed E-state index contributed by atoms with van der Waals surface area (Å²) in [6.45, 7) is 0.382. The minimum Gasteiger partial charge on any atom is -0.497 e. The second-order valence-corrected chi connectivity index (χ2v) is 10.9. The Morgan fingerprint density at radius 3 is 2.83 bits per heavy atom. The number of hydrogen-bond acceptors (Lipinski definition) is 7. The van der Waals surface area contributed by atoms with Gasteiger partial charge >= 0.3 is 0 Å². The number of nitrogens with one attached hydrogen (secondary N) is 1. The van der Waals surface area contributed by atoms with E-state index in [-0.39, 0.29) is 18.2 Å². The molecule has 10 heteroatoms. The van der Waals surface area contributed by atoms with Gasteiger partial charge in [0.05, 0.1) is 12.0 Å². The highest BCUT2D eigenvalue weighted by Crippen LogP contribution is 2.33. The average molecular weight is 544 g/mol. The fraction of sp³-hybridized carbons (Fsp3) is 0.200. The van der Waals surface area contributed by atoms with Crippen molar-refractivity contribution in [2.24, 2.45) is 0 Å². The molecular weight excluding hydrogens is 522 g/mol. The number of thiocarbonyl (C=S) groups is 1. The molecule has 2 heterocycles. The number of amides is 2.